The molecule has 24 heavy (non-hydrogen) atoms. The molecule has 1 N–H and O–H groups in total. The number of thiophene rings is 1. The maximum Gasteiger partial charge on any atom is 0.263 e. The van der Waals surface area contributed by atoms with Crippen LogP contribution in [0.4, 0.5) is 0 Å². The third-order valence-electron chi connectivity index (χ3n) is 4.99. The van der Waals surface area contributed by atoms with Gasteiger partial charge in [-0.25, -0.2) is 0 Å². The van der Waals surface area contributed by atoms with Crippen LogP contribution in [0.5, 0.6) is 0 Å². The molecule has 2 aliphatic rings. The van der Waals surface area contributed by atoms with Crippen LogP contribution >= 0.6 is 11.3 Å². The summed E-state index contributed by atoms with van der Waals surface area (Å²) in [6, 6.07) is 2.24. The van der Waals surface area contributed by atoms with Gasteiger partial charge in [0.25, 0.3) is 5.91 Å². The highest BCUT2D eigenvalue weighted by Crippen LogP contribution is 2.33. The molecule has 3 rings (SSSR count). The van der Waals surface area contributed by atoms with Crippen LogP contribution in [0.3, 0.4) is 0 Å². The first-order valence-corrected chi connectivity index (χ1v) is 10.1. The predicted molar refractivity (Wildman–Crippen MR) is 97.5 cm³/mol. The molecule has 1 fully saturated rings. The fraction of sp³-hybridized carbons (Fsp3) is 0.684. The van der Waals surface area contributed by atoms with Crippen molar-refractivity contribution < 1.29 is 9.59 Å². The van der Waals surface area contributed by atoms with E-state index in [1.807, 2.05) is 18.7 Å². The third kappa shape index (κ3) is 4.00. The Hall–Kier alpha value is -1.36. The maximum atomic E-state index is 12.8. The van der Waals surface area contributed by atoms with Crippen molar-refractivity contribution in [1.29, 1.82) is 0 Å². The number of hydrogen-bond donors (Lipinski definition) is 1. The van der Waals surface area contributed by atoms with Crippen molar-refractivity contribution in [2.24, 2.45) is 5.92 Å². The van der Waals surface area contributed by atoms with Gasteiger partial charge in [-0.3, -0.25) is 9.59 Å². The third-order valence-corrected chi connectivity index (χ3v) is 6.21. The number of nitrogens with zero attached hydrogens (tertiary/aromatic N) is 1. The average molecular weight is 349 g/mol. The van der Waals surface area contributed by atoms with Gasteiger partial charge >= 0.3 is 0 Å². The van der Waals surface area contributed by atoms with Crippen LogP contribution in [0.2, 0.25) is 0 Å². The van der Waals surface area contributed by atoms with E-state index in [-0.39, 0.29) is 23.8 Å². The maximum absolute atomic E-state index is 12.8. The van der Waals surface area contributed by atoms with E-state index in [1.165, 1.54) is 23.3 Å². The van der Waals surface area contributed by atoms with Gasteiger partial charge in [-0.05, 0) is 57.6 Å². The van der Waals surface area contributed by atoms with E-state index in [9.17, 15) is 9.59 Å². The quantitative estimate of drug-likeness (QED) is 0.910. The van der Waals surface area contributed by atoms with Gasteiger partial charge in [-0.15, -0.1) is 11.3 Å². The Balaban J connectivity index is 1.68. The standard InChI is InChI=1S/C19H28N2O2S/c1-13(2)20-18(22)14-7-8-16-15(11-14)12-17(24-16)19(23)21-9-5-3-4-6-10-21/h12-14H,3-11H2,1-2H3,(H,20,22). The van der Waals surface area contributed by atoms with E-state index >= 15 is 0 Å². The Labute approximate surface area is 148 Å². The molecule has 1 atom stereocenters. The first kappa shape index (κ1) is 17.5. The first-order chi connectivity index (χ1) is 11.5. The molecule has 2 heterocycles. The Morgan fingerprint density at radius 1 is 1.21 bits per heavy atom. The summed E-state index contributed by atoms with van der Waals surface area (Å²) in [5.41, 5.74) is 1.22. The van der Waals surface area contributed by atoms with Crippen molar-refractivity contribution >= 4 is 23.2 Å². The van der Waals surface area contributed by atoms with Crippen molar-refractivity contribution in [3.63, 3.8) is 0 Å². The summed E-state index contributed by atoms with van der Waals surface area (Å²) in [6.07, 6.45) is 7.29. The van der Waals surface area contributed by atoms with Crippen LogP contribution in [0.1, 0.15) is 66.1 Å². The minimum Gasteiger partial charge on any atom is -0.354 e. The van der Waals surface area contributed by atoms with Crippen molar-refractivity contribution in [1.82, 2.24) is 10.2 Å². The van der Waals surface area contributed by atoms with Gasteiger partial charge in [0.15, 0.2) is 0 Å². The lowest BCUT2D eigenvalue weighted by Gasteiger charge is -2.22. The summed E-state index contributed by atoms with van der Waals surface area (Å²) in [5, 5.41) is 3.02. The molecule has 1 aliphatic heterocycles. The van der Waals surface area contributed by atoms with Crippen LogP contribution in [-0.2, 0) is 17.6 Å². The normalized spacial score (nSPS) is 21.3. The van der Waals surface area contributed by atoms with Gasteiger partial charge in [-0.1, -0.05) is 12.8 Å². The summed E-state index contributed by atoms with van der Waals surface area (Å²) in [4.78, 5) is 29.2. The molecule has 0 aromatic carbocycles. The van der Waals surface area contributed by atoms with Gasteiger partial charge in [0.1, 0.15) is 0 Å². The lowest BCUT2D eigenvalue weighted by molar-refractivity contribution is -0.125. The van der Waals surface area contributed by atoms with Gasteiger partial charge in [0.2, 0.25) is 5.91 Å². The lowest BCUT2D eigenvalue weighted by atomic mass is 9.87. The molecule has 1 saturated heterocycles. The molecule has 0 bridgehead atoms. The Bertz CT molecular complexity index is 601. The zero-order chi connectivity index (χ0) is 17.1. The highest BCUT2D eigenvalue weighted by atomic mass is 32.1. The molecule has 2 amide bonds. The first-order valence-electron chi connectivity index (χ1n) is 9.26. The van der Waals surface area contributed by atoms with Gasteiger partial charge in [-0.2, -0.15) is 0 Å². The number of amides is 2. The van der Waals surface area contributed by atoms with Crippen molar-refractivity contribution in [2.75, 3.05) is 13.1 Å². The smallest absolute Gasteiger partial charge is 0.263 e. The van der Waals surface area contributed by atoms with Gasteiger partial charge < -0.3 is 10.2 Å². The SMILES string of the molecule is CC(C)NC(=O)C1CCc2sc(C(=O)N3CCCCCC3)cc2C1. The molecule has 5 heteroatoms. The minimum atomic E-state index is 0.0515. The van der Waals surface area contributed by atoms with Crippen LogP contribution < -0.4 is 5.32 Å². The fourth-order valence-electron chi connectivity index (χ4n) is 3.68. The average Bonchev–Trinajstić information content (AvgIpc) is 2.78. The number of aryl methyl sites for hydroxylation is 1. The van der Waals surface area contributed by atoms with Crippen molar-refractivity contribution in [2.45, 2.75) is 64.8 Å². The number of hydrogen-bond acceptors (Lipinski definition) is 3. The van der Waals surface area contributed by atoms with Gasteiger partial charge in [0, 0.05) is 29.9 Å². The lowest BCUT2D eigenvalue weighted by Crippen LogP contribution is -2.37. The molecule has 1 aromatic rings. The van der Waals surface area contributed by atoms with Crippen LogP contribution in [0.25, 0.3) is 0 Å². The number of carbonyl (C=O) groups excluding carboxylic acids is 2. The summed E-state index contributed by atoms with van der Waals surface area (Å²) in [7, 11) is 0. The summed E-state index contributed by atoms with van der Waals surface area (Å²) >= 11 is 1.65. The van der Waals surface area contributed by atoms with E-state index in [0.29, 0.717) is 0 Å². The second-order valence-corrected chi connectivity index (χ2v) is 8.51. The number of nitrogens with one attached hydrogen (secondary N) is 1. The minimum absolute atomic E-state index is 0.0515. The zero-order valence-corrected chi connectivity index (χ0v) is 15.6. The topological polar surface area (TPSA) is 49.4 Å². The summed E-state index contributed by atoms with van der Waals surface area (Å²) in [6.45, 7) is 5.77. The Morgan fingerprint density at radius 3 is 2.58 bits per heavy atom. The Morgan fingerprint density at radius 2 is 1.92 bits per heavy atom. The predicted octanol–water partition coefficient (Wildman–Crippen LogP) is 3.39. The fourth-order valence-corrected chi connectivity index (χ4v) is 4.86. The monoisotopic (exact) mass is 348 g/mol. The second kappa shape index (κ2) is 7.68. The van der Waals surface area contributed by atoms with Crippen molar-refractivity contribution in [3.05, 3.63) is 21.4 Å². The molecule has 1 aromatic heterocycles. The van der Waals surface area contributed by atoms with E-state index in [2.05, 4.69) is 11.4 Å². The molecule has 0 spiro atoms. The van der Waals surface area contributed by atoms with Crippen LogP contribution in [-0.4, -0.2) is 35.8 Å². The molecule has 0 saturated carbocycles. The molecule has 132 valence electrons. The van der Waals surface area contributed by atoms with Crippen molar-refractivity contribution in [3.8, 4) is 0 Å². The number of likely N-dealkylation sites (tertiary alicyclic amines) is 1. The molecule has 1 unspecified atom stereocenters. The van der Waals surface area contributed by atoms with Crippen LogP contribution in [0, 0.1) is 5.92 Å². The largest absolute Gasteiger partial charge is 0.354 e. The molecular weight excluding hydrogens is 320 g/mol. The summed E-state index contributed by atoms with van der Waals surface area (Å²) < 4.78 is 0. The van der Waals surface area contributed by atoms with E-state index in [0.717, 1.165) is 50.1 Å². The number of rotatable bonds is 3. The Kier molecular flexibility index (Phi) is 5.59. The second-order valence-electron chi connectivity index (χ2n) is 7.37. The van der Waals surface area contributed by atoms with Crippen LogP contribution in [0.15, 0.2) is 6.07 Å². The number of carbonyl (C=O) groups is 2. The summed E-state index contributed by atoms with van der Waals surface area (Å²) in [5.74, 6) is 0.400. The van der Waals surface area contributed by atoms with Gasteiger partial charge in [0.05, 0.1) is 4.88 Å². The molecule has 1 aliphatic carbocycles. The molecule has 4 nitrogen and oxygen atoms in total. The highest BCUT2D eigenvalue weighted by molar-refractivity contribution is 7.14. The molecule has 0 radical (unpaired) electrons. The highest BCUT2D eigenvalue weighted by Gasteiger charge is 2.28. The molecular formula is C19H28N2O2S. The zero-order valence-electron chi connectivity index (χ0n) is 14.8. The van der Waals surface area contributed by atoms with E-state index in [4.69, 9.17) is 0 Å². The number of fused-ring (bicyclic) bond motifs is 1. The van der Waals surface area contributed by atoms with E-state index < -0.39 is 0 Å². The van der Waals surface area contributed by atoms with E-state index in [1.54, 1.807) is 11.3 Å².